The predicted octanol–water partition coefficient (Wildman–Crippen LogP) is 3.68. The zero-order valence-electron chi connectivity index (χ0n) is 16.8. The van der Waals surface area contributed by atoms with E-state index >= 15 is 0 Å². The number of halogens is 2. The van der Waals surface area contributed by atoms with Crippen molar-refractivity contribution in [1.82, 2.24) is 15.5 Å². The van der Waals surface area contributed by atoms with Crippen molar-refractivity contribution in [2.75, 3.05) is 45.9 Å². The topological polar surface area (TPSA) is 48.9 Å². The Kier molecular flexibility index (Phi) is 10.9. The second kappa shape index (κ2) is 13.1. The second-order valence-electron chi connectivity index (χ2n) is 6.71. The lowest BCUT2D eigenvalue weighted by molar-refractivity contribution is 0.0186. The number of nitrogens with zero attached hydrogens (tertiary/aromatic N) is 2. The van der Waals surface area contributed by atoms with Gasteiger partial charge in [-0.1, -0.05) is 18.2 Å². The van der Waals surface area contributed by atoms with Crippen LogP contribution in [-0.2, 0) is 11.2 Å². The van der Waals surface area contributed by atoms with E-state index in [1.165, 1.54) is 10.9 Å². The largest absolute Gasteiger partial charge is 0.379 e. The Morgan fingerprint density at radius 3 is 2.76 bits per heavy atom. The van der Waals surface area contributed by atoms with Gasteiger partial charge in [0.2, 0.25) is 0 Å². The fraction of sp³-hybridized carbons (Fsp3) is 0.476. The summed E-state index contributed by atoms with van der Waals surface area (Å²) in [5.41, 5.74) is 0.980. The van der Waals surface area contributed by atoms with E-state index in [0.29, 0.717) is 13.1 Å². The number of hydrogen-bond donors (Lipinski definition) is 2. The number of benzene rings is 1. The van der Waals surface area contributed by atoms with Gasteiger partial charge < -0.3 is 15.4 Å². The Bertz CT molecular complexity index is 738. The Balaban J connectivity index is 0.00000300. The summed E-state index contributed by atoms with van der Waals surface area (Å²) in [6, 6.07) is 11.3. The van der Waals surface area contributed by atoms with E-state index < -0.39 is 0 Å². The summed E-state index contributed by atoms with van der Waals surface area (Å²) >= 11 is 1.78. The smallest absolute Gasteiger partial charge is 0.191 e. The Labute approximate surface area is 193 Å². The van der Waals surface area contributed by atoms with Gasteiger partial charge in [0.25, 0.3) is 0 Å². The molecule has 1 aromatic carbocycles. The first-order valence-electron chi connectivity index (χ1n) is 9.88. The molecule has 29 heavy (non-hydrogen) atoms. The fourth-order valence-electron chi connectivity index (χ4n) is 3.29. The van der Waals surface area contributed by atoms with Crippen LogP contribution in [0.3, 0.4) is 0 Å². The van der Waals surface area contributed by atoms with Crippen molar-refractivity contribution in [1.29, 1.82) is 0 Å². The van der Waals surface area contributed by atoms with Crippen LogP contribution in [0, 0.1) is 5.82 Å². The molecule has 1 atom stereocenters. The number of morpholine rings is 1. The molecule has 0 amide bonds. The highest BCUT2D eigenvalue weighted by molar-refractivity contribution is 14.0. The first-order chi connectivity index (χ1) is 13.8. The Morgan fingerprint density at radius 2 is 2.07 bits per heavy atom. The molecule has 2 heterocycles. The average molecular weight is 532 g/mol. The van der Waals surface area contributed by atoms with Gasteiger partial charge in [-0.15, -0.1) is 35.3 Å². The summed E-state index contributed by atoms with van der Waals surface area (Å²) in [7, 11) is 0. The third-order valence-corrected chi connectivity index (χ3v) is 5.69. The molecule has 1 aromatic heterocycles. The lowest BCUT2D eigenvalue weighted by Crippen LogP contribution is -2.42. The zero-order chi connectivity index (χ0) is 19.6. The van der Waals surface area contributed by atoms with Crippen LogP contribution in [0.5, 0.6) is 0 Å². The molecule has 2 N–H and O–H groups in total. The monoisotopic (exact) mass is 532 g/mol. The molecule has 1 aliphatic heterocycles. The van der Waals surface area contributed by atoms with Gasteiger partial charge in [0.05, 0.1) is 25.8 Å². The predicted molar refractivity (Wildman–Crippen MR) is 129 cm³/mol. The average Bonchev–Trinajstić information content (AvgIpc) is 3.23. The molecule has 1 fully saturated rings. The summed E-state index contributed by atoms with van der Waals surface area (Å²) in [5, 5.41) is 8.80. The van der Waals surface area contributed by atoms with Crippen LogP contribution >= 0.6 is 35.3 Å². The van der Waals surface area contributed by atoms with Crippen LogP contribution in [0.1, 0.15) is 23.4 Å². The molecular formula is C21H30FIN4OS. The Hall–Kier alpha value is -1.23. The van der Waals surface area contributed by atoms with E-state index in [1.807, 2.05) is 6.07 Å². The van der Waals surface area contributed by atoms with Gasteiger partial charge in [-0.05, 0) is 42.5 Å². The van der Waals surface area contributed by atoms with Crippen molar-refractivity contribution >= 4 is 41.3 Å². The van der Waals surface area contributed by atoms with Crippen LogP contribution < -0.4 is 10.6 Å². The quantitative estimate of drug-likeness (QED) is 0.310. The standard InChI is InChI=1S/C21H29FN4OS.HI/c1-2-23-21(24-9-8-17-5-3-6-18(22)15-17)25-16-19(20-7-4-14-28-20)26-10-12-27-13-11-26;/h3-7,14-15,19H,2,8-13,16H2,1H3,(H2,23,24,25);1H. The van der Waals surface area contributed by atoms with Crippen molar-refractivity contribution in [3.8, 4) is 0 Å². The Morgan fingerprint density at radius 1 is 1.24 bits per heavy atom. The number of rotatable bonds is 8. The number of hydrogen-bond acceptors (Lipinski definition) is 4. The summed E-state index contributed by atoms with van der Waals surface area (Å²) in [6.07, 6.45) is 0.750. The molecule has 8 heteroatoms. The van der Waals surface area contributed by atoms with E-state index in [9.17, 15) is 4.39 Å². The SMILES string of the molecule is CCNC(=NCC(c1cccs1)N1CCOCC1)NCCc1cccc(F)c1.I. The number of aliphatic imine (C=N–C) groups is 1. The molecule has 0 aliphatic carbocycles. The van der Waals surface area contributed by atoms with Gasteiger partial charge in [-0.25, -0.2) is 4.39 Å². The van der Waals surface area contributed by atoms with Crippen LogP contribution in [0.4, 0.5) is 4.39 Å². The van der Waals surface area contributed by atoms with E-state index in [4.69, 9.17) is 9.73 Å². The van der Waals surface area contributed by atoms with Crippen LogP contribution in [0.25, 0.3) is 0 Å². The maximum absolute atomic E-state index is 13.3. The minimum absolute atomic E-state index is 0. The van der Waals surface area contributed by atoms with Gasteiger partial charge in [-0.3, -0.25) is 9.89 Å². The van der Waals surface area contributed by atoms with Crippen molar-refractivity contribution in [2.24, 2.45) is 4.99 Å². The summed E-state index contributed by atoms with van der Waals surface area (Å²) in [5.74, 6) is 0.607. The van der Waals surface area contributed by atoms with E-state index in [0.717, 1.165) is 50.8 Å². The van der Waals surface area contributed by atoms with Crippen LogP contribution in [0.15, 0.2) is 46.8 Å². The third kappa shape index (κ3) is 7.84. The highest BCUT2D eigenvalue weighted by Crippen LogP contribution is 2.26. The lowest BCUT2D eigenvalue weighted by atomic mass is 10.1. The molecule has 0 saturated carbocycles. The molecule has 1 unspecified atom stereocenters. The van der Waals surface area contributed by atoms with E-state index in [1.54, 1.807) is 23.5 Å². The molecule has 1 aliphatic rings. The minimum Gasteiger partial charge on any atom is -0.379 e. The number of nitrogens with one attached hydrogen (secondary N) is 2. The third-order valence-electron chi connectivity index (χ3n) is 4.72. The van der Waals surface area contributed by atoms with Gasteiger partial charge in [0.1, 0.15) is 5.82 Å². The lowest BCUT2D eigenvalue weighted by Gasteiger charge is -2.33. The first kappa shape index (κ1) is 24.0. The number of ether oxygens (including phenoxy) is 1. The maximum Gasteiger partial charge on any atom is 0.191 e. The molecule has 1 saturated heterocycles. The molecule has 3 rings (SSSR count). The van der Waals surface area contributed by atoms with Gasteiger partial charge in [-0.2, -0.15) is 0 Å². The van der Waals surface area contributed by atoms with Crippen LogP contribution in [-0.4, -0.2) is 56.8 Å². The zero-order valence-corrected chi connectivity index (χ0v) is 19.9. The highest BCUT2D eigenvalue weighted by atomic mass is 127. The highest BCUT2D eigenvalue weighted by Gasteiger charge is 2.23. The molecule has 0 radical (unpaired) electrons. The van der Waals surface area contributed by atoms with E-state index in [-0.39, 0.29) is 35.8 Å². The second-order valence-corrected chi connectivity index (χ2v) is 7.69. The molecule has 0 spiro atoms. The van der Waals surface area contributed by atoms with Crippen molar-refractivity contribution < 1.29 is 9.13 Å². The van der Waals surface area contributed by atoms with Crippen molar-refractivity contribution in [3.05, 3.63) is 58.0 Å². The number of thiophene rings is 1. The minimum atomic E-state index is -0.192. The normalized spacial score (nSPS) is 16.1. The molecule has 0 bridgehead atoms. The van der Waals surface area contributed by atoms with Crippen LogP contribution in [0.2, 0.25) is 0 Å². The molecule has 2 aromatic rings. The maximum atomic E-state index is 13.3. The van der Waals surface area contributed by atoms with Gasteiger partial charge >= 0.3 is 0 Å². The summed E-state index contributed by atoms with van der Waals surface area (Å²) in [6.45, 7) is 7.67. The molecule has 5 nitrogen and oxygen atoms in total. The summed E-state index contributed by atoms with van der Waals surface area (Å²) < 4.78 is 18.8. The molecular weight excluding hydrogens is 502 g/mol. The summed E-state index contributed by atoms with van der Waals surface area (Å²) in [4.78, 5) is 8.63. The molecule has 160 valence electrons. The first-order valence-corrected chi connectivity index (χ1v) is 10.8. The van der Waals surface area contributed by atoms with Crippen molar-refractivity contribution in [3.63, 3.8) is 0 Å². The van der Waals surface area contributed by atoms with Gasteiger partial charge in [0.15, 0.2) is 5.96 Å². The fourth-order valence-corrected chi connectivity index (χ4v) is 4.14. The van der Waals surface area contributed by atoms with Gasteiger partial charge in [0, 0.05) is 31.1 Å². The van der Waals surface area contributed by atoms with E-state index in [2.05, 4.69) is 40.0 Å². The number of guanidine groups is 1. The van der Waals surface area contributed by atoms with Crippen molar-refractivity contribution in [2.45, 2.75) is 19.4 Å².